The molecule has 0 heterocycles. The predicted molar refractivity (Wildman–Crippen MR) is 66.1 cm³/mol. The van der Waals surface area contributed by atoms with Crippen molar-refractivity contribution < 1.29 is 50.5 Å². The third kappa shape index (κ3) is 1220. The molecular formula is H7N8NaO12Rh-6. The van der Waals surface area contributed by atoms with Crippen LogP contribution in [0.4, 0.5) is 0 Å². The maximum atomic E-state index is 8.00. The zero-order chi connectivity index (χ0) is 16.2. The zero-order valence-corrected chi connectivity index (χ0v) is 14.0. The van der Waals surface area contributed by atoms with E-state index in [1.54, 1.807) is 0 Å². The molecule has 0 saturated carbocycles. The summed E-state index contributed by atoms with van der Waals surface area (Å²) in [4.78, 5) is 48.0. The predicted octanol–water partition coefficient (Wildman–Crippen LogP) is -1.06. The summed E-state index contributed by atoms with van der Waals surface area (Å²) < 4.78 is 0. The van der Waals surface area contributed by atoms with Crippen molar-refractivity contribution in [2.75, 3.05) is 0 Å². The Morgan fingerprint density at radius 3 is 0.455 bits per heavy atom. The SMILES string of the molecule is N.N.O=N[O-].O=N[O-].O=N[O-].O=N[O-].O=N[O-].O=N[O-].[H-].[Na+].[Rh]. The molecule has 0 spiro atoms. The van der Waals surface area contributed by atoms with Gasteiger partial charge in [0.2, 0.25) is 0 Å². The van der Waals surface area contributed by atoms with Gasteiger partial charge >= 0.3 is 29.6 Å². The van der Waals surface area contributed by atoms with E-state index < -0.39 is 0 Å². The minimum atomic E-state index is 0. The van der Waals surface area contributed by atoms with Crippen LogP contribution in [0.1, 0.15) is 1.43 Å². The molecule has 135 valence electrons. The zero-order valence-electron chi connectivity index (χ0n) is 11.3. The van der Waals surface area contributed by atoms with Crippen LogP contribution < -0.4 is 41.9 Å². The van der Waals surface area contributed by atoms with Gasteiger partial charge in [0.1, 0.15) is 0 Å². The standard InChI is InChI=1S/6HNO2.2H3N.Na.Rh.H/c6*2-1-3;;;;;/h6*(H,2,3);2*1H3;;;/q;;;;;;;;+1;;-1/p-6. The molecule has 0 aliphatic heterocycles. The molecule has 0 aromatic carbocycles. The second-order valence-corrected chi connectivity index (χ2v) is 0.447. The van der Waals surface area contributed by atoms with Gasteiger partial charge in [0.05, 0.1) is 0 Å². The monoisotopic (exact) mass is 437 g/mol. The molecule has 0 aliphatic carbocycles. The van der Waals surface area contributed by atoms with Gasteiger partial charge in [0, 0.05) is 19.5 Å². The molecular weight excluding hydrogens is 430 g/mol. The van der Waals surface area contributed by atoms with Crippen molar-refractivity contribution >= 4 is 0 Å². The largest absolute Gasteiger partial charge is 1.00 e. The number of hydrogen-bond acceptors (Lipinski definition) is 20. The Morgan fingerprint density at radius 2 is 0.455 bits per heavy atom. The Bertz CT molecular complexity index is 129. The van der Waals surface area contributed by atoms with Gasteiger partial charge in [-0.15, -0.1) is 32.0 Å². The summed E-state index contributed by atoms with van der Waals surface area (Å²) in [5, 5.41) is 54.0. The Balaban J connectivity index is -0.00000000800. The van der Waals surface area contributed by atoms with Crippen molar-refractivity contribution in [2.45, 2.75) is 0 Å². The minimum Gasteiger partial charge on any atom is -1.00 e. The van der Waals surface area contributed by atoms with E-state index in [1.165, 1.54) is 0 Å². The molecule has 6 N–H and O–H groups in total. The van der Waals surface area contributed by atoms with E-state index >= 15 is 0 Å². The molecule has 22 heteroatoms. The molecule has 0 unspecified atom stereocenters. The van der Waals surface area contributed by atoms with Crippen molar-refractivity contribution in [2.24, 2.45) is 32.0 Å². The number of hydrogen-bond donors (Lipinski definition) is 2. The van der Waals surface area contributed by atoms with E-state index in [2.05, 4.69) is 0 Å². The van der Waals surface area contributed by atoms with Crippen molar-refractivity contribution in [1.29, 1.82) is 0 Å². The Labute approximate surface area is 155 Å². The fourth-order valence-corrected chi connectivity index (χ4v) is 0. The summed E-state index contributed by atoms with van der Waals surface area (Å²) >= 11 is 0. The summed E-state index contributed by atoms with van der Waals surface area (Å²) in [5.74, 6) is 0. The number of rotatable bonds is 0. The van der Waals surface area contributed by atoms with E-state index in [0.717, 1.165) is 32.0 Å². The molecule has 0 fully saturated rings. The van der Waals surface area contributed by atoms with Crippen LogP contribution in [0.15, 0.2) is 32.0 Å². The van der Waals surface area contributed by atoms with Gasteiger partial charge in [-0.1, -0.05) is 0 Å². The first-order valence-electron chi connectivity index (χ1n) is 2.19. The fraction of sp³-hybridized carbons (Fsp3) is 0. The van der Waals surface area contributed by atoms with Crippen LogP contribution in [0.3, 0.4) is 0 Å². The van der Waals surface area contributed by atoms with Crippen LogP contribution in [0.5, 0.6) is 0 Å². The maximum absolute atomic E-state index is 8.00. The molecule has 0 amide bonds. The fourth-order valence-electron chi connectivity index (χ4n) is 0. The Hall–Kier alpha value is -2.06. The van der Waals surface area contributed by atoms with Gasteiger partial charge in [-0.05, 0) is 0 Å². The first-order valence-corrected chi connectivity index (χ1v) is 2.19. The molecule has 0 aliphatic rings. The molecule has 0 aromatic heterocycles. The Kier molecular flexibility index (Phi) is 1290. The van der Waals surface area contributed by atoms with Crippen LogP contribution in [0, 0.1) is 60.7 Å². The minimum absolute atomic E-state index is 0. The maximum Gasteiger partial charge on any atom is 1.00 e. The quantitative estimate of drug-likeness (QED) is 0.259. The smallest absolute Gasteiger partial charge is 1.00 e. The molecule has 0 atom stereocenters. The van der Waals surface area contributed by atoms with Crippen LogP contribution in [-0.4, -0.2) is 0 Å². The summed E-state index contributed by atoms with van der Waals surface area (Å²) in [6, 6.07) is 0. The van der Waals surface area contributed by atoms with Gasteiger partial charge in [-0.25, -0.2) is 0 Å². The second kappa shape index (κ2) is 392. The third-order valence-electron chi connectivity index (χ3n) is 0. The molecule has 0 rings (SSSR count). The summed E-state index contributed by atoms with van der Waals surface area (Å²) in [5.41, 5.74) is 0. The normalized spacial score (nSPS) is 3.27. The van der Waals surface area contributed by atoms with E-state index in [1.807, 2.05) is 0 Å². The van der Waals surface area contributed by atoms with Crippen molar-refractivity contribution in [3.63, 3.8) is 0 Å². The second-order valence-electron chi connectivity index (χ2n) is 0.447. The molecule has 0 saturated heterocycles. The Morgan fingerprint density at radius 1 is 0.455 bits per heavy atom. The summed E-state index contributed by atoms with van der Waals surface area (Å²) in [6.45, 7) is 0. The molecule has 20 nitrogen and oxygen atoms in total. The first kappa shape index (κ1) is 72.4. The summed E-state index contributed by atoms with van der Waals surface area (Å²) in [7, 11) is 0. The van der Waals surface area contributed by atoms with Crippen molar-refractivity contribution in [1.82, 2.24) is 12.3 Å². The van der Waals surface area contributed by atoms with Crippen molar-refractivity contribution in [3.8, 4) is 0 Å². The number of nitrogens with zero attached hydrogens (tertiary/aromatic N) is 6. The third-order valence-corrected chi connectivity index (χ3v) is 0. The summed E-state index contributed by atoms with van der Waals surface area (Å²) in [6.07, 6.45) is 0. The average molecular weight is 437 g/mol. The van der Waals surface area contributed by atoms with E-state index in [9.17, 15) is 0 Å². The van der Waals surface area contributed by atoms with Crippen LogP contribution in [0.25, 0.3) is 0 Å². The van der Waals surface area contributed by atoms with E-state index in [-0.39, 0.29) is 62.8 Å². The molecule has 1 radical (unpaired) electrons. The average Bonchev–Trinajstić information content (AvgIpc) is 2.23. The topological polar surface area (TPSA) is 385 Å². The molecule has 0 aromatic rings. The van der Waals surface area contributed by atoms with Gasteiger partial charge in [-0.3, -0.25) is 0 Å². The van der Waals surface area contributed by atoms with Gasteiger partial charge in [0.15, 0.2) is 0 Å². The molecule has 0 bridgehead atoms. The van der Waals surface area contributed by atoms with Gasteiger partial charge in [0.25, 0.3) is 0 Å². The molecule has 22 heavy (non-hydrogen) atoms. The van der Waals surface area contributed by atoms with Gasteiger partial charge < -0.3 is 74.4 Å². The van der Waals surface area contributed by atoms with E-state index in [4.69, 9.17) is 60.7 Å². The first-order chi connectivity index (χ1) is 8.49. The van der Waals surface area contributed by atoms with Crippen LogP contribution in [0.2, 0.25) is 0 Å². The van der Waals surface area contributed by atoms with Gasteiger partial charge in [-0.2, -0.15) is 0 Å². The van der Waals surface area contributed by atoms with Crippen LogP contribution in [-0.2, 0) is 19.5 Å². The van der Waals surface area contributed by atoms with E-state index in [0.29, 0.717) is 0 Å². The van der Waals surface area contributed by atoms with Crippen LogP contribution >= 0.6 is 0 Å². The van der Waals surface area contributed by atoms with Crippen molar-refractivity contribution in [3.05, 3.63) is 60.7 Å².